The minimum Gasteiger partial charge on any atom is -0.369 e. The van der Waals surface area contributed by atoms with Gasteiger partial charge in [0.2, 0.25) is 10.0 Å². The zero-order valence-electron chi connectivity index (χ0n) is 13.7. The standard InChI is InChI=1S/C17H18N4O3S/c1-3-25(23,24)19-8-12-9-21(10-12)16-13-5-4-11(2)6-15(13)20-17(22)14(16)7-18/h3-6,12,19H,1,8-10H2,2H3,(H,20,22). The number of aromatic nitrogens is 1. The number of benzene rings is 1. The number of aryl methyl sites for hydroxylation is 1. The van der Waals surface area contributed by atoms with Gasteiger partial charge in [-0.2, -0.15) is 5.26 Å². The summed E-state index contributed by atoms with van der Waals surface area (Å²) in [5.41, 5.74) is 1.99. The predicted octanol–water partition coefficient (Wildman–Crippen LogP) is 1.21. The number of pyridine rings is 1. The second kappa shape index (κ2) is 6.35. The lowest BCUT2D eigenvalue weighted by atomic mass is 9.96. The number of rotatable bonds is 5. The van der Waals surface area contributed by atoms with Gasteiger partial charge in [0.1, 0.15) is 11.6 Å². The molecule has 0 unspecified atom stereocenters. The average molecular weight is 358 g/mol. The van der Waals surface area contributed by atoms with Gasteiger partial charge in [0.05, 0.1) is 11.2 Å². The van der Waals surface area contributed by atoms with Crippen LogP contribution in [0.25, 0.3) is 10.9 Å². The van der Waals surface area contributed by atoms with Crippen LogP contribution in [0.3, 0.4) is 0 Å². The first-order valence-corrected chi connectivity index (χ1v) is 9.33. The van der Waals surface area contributed by atoms with Gasteiger partial charge in [-0.05, 0) is 18.6 Å². The number of anilines is 1. The van der Waals surface area contributed by atoms with Gasteiger partial charge in [-0.1, -0.05) is 18.7 Å². The van der Waals surface area contributed by atoms with Crippen molar-refractivity contribution in [3.05, 3.63) is 51.7 Å². The van der Waals surface area contributed by atoms with Crippen LogP contribution in [0.15, 0.2) is 35.0 Å². The number of hydrogen-bond donors (Lipinski definition) is 2. The molecule has 1 aliphatic heterocycles. The van der Waals surface area contributed by atoms with E-state index in [1.54, 1.807) is 0 Å². The van der Waals surface area contributed by atoms with Gasteiger partial charge in [-0.25, -0.2) is 13.1 Å². The quantitative estimate of drug-likeness (QED) is 0.835. The van der Waals surface area contributed by atoms with Crippen LogP contribution in [0.5, 0.6) is 0 Å². The largest absolute Gasteiger partial charge is 0.369 e. The van der Waals surface area contributed by atoms with E-state index in [1.807, 2.05) is 36.1 Å². The zero-order chi connectivity index (χ0) is 18.2. The Hall–Kier alpha value is -2.63. The van der Waals surface area contributed by atoms with E-state index in [0.717, 1.165) is 16.4 Å². The van der Waals surface area contributed by atoms with Crippen molar-refractivity contribution in [3.63, 3.8) is 0 Å². The van der Waals surface area contributed by atoms with Crippen molar-refractivity contribution < 1.29 is 8.42 Å². The van der Waals surface area contributed by atoms with Crippen LogP contribution in [-0.2, 0) is 10.0 Å². The van der Waals surface area contributed by atoms with Gasteiger partial charge in [-0.15, -0.1) is 0 Å². The number of nitrogens with zero attached hydrogens (tertiary/aromatic N) is 2. The van der Waals surface area contributed by atoms with Crippen molar-refractivity contribution >= 4 is 26.6 Å². The van der Waals surface area contributed by atoms with E-state index in [1.165, 1.54) is 0 Å². The molecule has 1 saturated heterocycles. The van der Waals surface area contributed by atoms with Crippen molar-refractivity contribution in [3.8, 4) is 6.07 Å². The molecule has 1 aliphatic rings. The molecule has 0 radical (unpaired) electrons. The summed E-state index contributed by atoms with van der Waals surface area (Å²) in [5, 5.41) is 11.1. The van der Waals surface area contributed by atoms with E-state index < -0.39 is 15.6 Å². The summed E-state index contributed by atoms with van der Waals surface area (Å²) in [6.07, 6.45) is 0. The van der Waals surface area contributed by atoms with E-state index in [4.69, 9.17) is 0 Å². The van der Waals surface area contributed by atoms with Gasteiger partial charge >= 0.3 is 0 Å². The molecular weight excluding hydrogens is 340 g/mol. The monoisotopic (exact) mass is 358 g/mol. The first kappa shape index (κ1) is 17.2. The molecule has 8 heteroatoms. The Morgan fingerprint density at radius 1 is 1.48 bits per heavy atom. The maximum atomic E-state index is 12.2. The van der Waals surface area contributed by atoms with E-state index in [0.29, 0.717) is 30.8 Å². The van der Waals surface area contributed by atoms with Crippen molar-refractivity contribution in [1.82, 2.24) is 9.71 Å². The Balaban J connectivity index is 1.89. The molecule has 2 N–H and O–H groups in total. The van der Waals surface area contributed by atoms with Gasteiger partial charge in [0.25, 0.3) is 5.56 Å². The smallest absolute Gasteiger partial charge is 0.268 e. The third kappa shape index (κ3) is 3.29. The fourth-order valence-corrected chi connectivity index (χ4v) is 3.59. The number of hydrogen-bond acceptors (Lipinski definition) is 5. The Kier molecular flexibility index (Phi) is 4.37. The molecule has 0 atom stereocenters. The number of sulfonamides is 1. The Morgan fingerprint density at radius 3 is 2.84 bits per heavy atom. The van der Waals surface area contributed by atoms with Crippen LogP contribution in [0.2, 0.25) is 0 Å². The van der Waals surface area contributed by atoms with Gasteiger partial charge in [0.15, 0.2) is 0 Å². The lowest BCUT2D eigenvalue weighted by Gasteiger charge is -2.41. The van der Waals surface area contributed by atoms with E-state index >= 15 is 0 Å². The molecular formula is C17H18N4O3S. The summed E-state index contributed by atoms with van der Waals surface area (Å²) in [5.74, 6) is 0.112. The van der Waals surface area contributed by atoms with Crippen molar-refractivity contribution in [2.75, 3.05) is 24.5 Å². The molecule has 0 amide bonds. The van der Waals surface area contributed by atoms with Gasteiger partial charge in [-0.3, -0.25) is 4.79 Å². The first-order chi connectivity index (χ1) is 11.8. The van der Waals surface area contributed by atoms with Crippen molar-refractivity contribution in [2.24, 2.45) is 5.92 Å². The molecule has 0 aliphatic carbocycles. The number of aromatic amines is 1. The van der Waals surface area contributed by atoms with Crippen LogP contribution in [-0.4, -0.2) is 33.0 Å². The Morgan fingerprint density at radius 2 is 2.20 bits per heavy atom. The molecule has 0 bridgehead atoms. The molecule has 7 nitrogen and oxygen atoms in total. The zero-order valence-corrected chi connectivity index (χ0v) is 14.6. The number of nitriles is 1. The highest BCUT2D eigenvalue weighted by Gasteiger charge is 2.31. The lowest BCUT2D eigenvalue weighted by Crippen LogP contribution is -2.52. The van der Waals surface area contributed by atoms with Crippen LogP contribution < -0.4 is 15.2 Å². The van der Waals surface area contributed by atoms with Crippen molar-refractivity contribution in [1.29, 1.82) is 5.26 Å². The second-order valence-electron chi connectivity index (χ2n) is 6.17. The fourth-order valence-electron chi connectivity index (χ4n) is 3.00. The molecule has 1 aromatic carbocycles. The molecule has 0 spiro atoms. The van der Waals surface area contributed by atoms with Crippen LogP contribution in [0.4, 0.5) is 5.69 Å². The molecule has 2 aromatic rings. The fraction of sp³-hybridized carbons (Fsp3) is 0.294. The summed E-state index contributed by atoms with van der Waals surface area (Å²) in [6.45, 7) is 6.63. The average Bonchev–Trinajstić information content (AvgIpc) is 2.52. The maximum Gasteiger partial charge on any atom is 0.268 e. The third-order valence-corrected chi connectivity index (χ3v) is 5.33. The minimum atomic E-state index is -3.44. The summed E-state index contributed by atoms with van der Waals surface area (Å²) >= 11 is 0. The molecule has 3 rings (SSSR count). The summed E-state index contributed by atoms with van der Waals surface area (Å²) in [4.78, 5) is 16.9. The van der Waals surface area contributed by atoms with Crippen LogP contribution in [0, 0.1) is 24.2 Å². The van der Waals surface area contributed by atoms with E-state index in [-0.39, 0.29) is 11.5 Å². The highest BCUT2D eigenvalue weighted by atomic mass is 32.2. The minimum absolute atomic E-state index is 0.0847. The topological polar surface area (TPSA) is 106 Å². The first-order valence-electron chi connectivity index (χ1n) is 7.78. The molecule has 130 valence electrons. The number of fused-ring (bicyclic) bond motifs is 1. The second-order valence-corrected chi connectivity index (χ2v) is 7.88. The van der Waals surface area contributed by atoms with Crippen LogP contribution >= 0.6 is 0 Å². The number of nitrogens with one attached hydrogen (secondary N) is 2. The third-order valence-electron chi connectivity index (χ3n) is 4.32. The van der Waals surface area contributed by atoms with Crippen LogP contribution in [0.1, 0.15) is 11.1 Å². The maximum absolute atomic E-state index is 12.2. The molecule has 1 fully saturated rings. The van der Waals surface area contributed by atoms with E-state index in [9.17, 15) is 18.5 Å². The van der Waals surface area contributed by atoms with Gasteiger partial charge in [0, 0.05) is 36.3 Å². The van der Waals surface area contributed by atoms with Gasteiger partial charge < -0.3 is 9.88 Å². The summed E-state index contributed by atoms with van der Waals surface area (Å²) < 4.78 is 25.3. The highest BCUT2D eigenvalue weighted by molar-refractivity contribution is 7.92. The molecule has 1 aromatic heterocycles. The van der Waals surface area contributed by atoms with Crippen molar-refractivity contribution in [2.45, 2.75) is 6.92 Å². The Bertz CT molecular complexity index is 1040. The molecule has 0 saturated carbocycles. The Labute approximate surface area is 145 Å². The highest BCUT2D eigenvalue weighted by Crippen LogP contribution is 2.32. The van der Waals surface area contributed by atoms with E-state index in [2.05, 4.69) is 16.3 Å². The molecule has 2 heterocycles. The summed E-state index contributed by atoms with van der Waals surface area (Å²) in [6, 6.07) is 7.69. The predicted molar refractivity (Wildman–Crippen MR) is 96.8 cm³/mol. The lowest BCUT2D eigenvalue weighted by molar-refractivity contribution is 0.407. The molecule has 25 heavy (non-hydrogen) atoms. The normalized spacial score (nSPS) is 15.0. The number of H-pyrrole nitrogens is 1. The summed E-state index contributed by atoms with van der Waals surface area (Å²) in [7, 11) is -3.44. The SMILES string of the molecule is C=CS(=O)(=O)NCC1CN(c2c(C#N)c(=O)[nH]c3cc(C)ccc23)C1.